The fourth-order valence-corrected chi connectivity index (χ4v) is 2.49. The molecule has 2 unspecified atom stereocenters. The van der Waals surface area contributed by atoms with Crippen molar-refractivity contribution in [3.05, 3.63) is 46.0 Å². The van der Waals surface area contributed by atoms with Crippen molar-refractivity contribution < 1.29 is 18.1 Å². The summed E-state index contributed by atoms with van der Waals surface area (Å²) in [4.78, 5) is 11.6. The fourth-order valence-electron chi connectivity index (χ4n) is 2.49. The van der Waals surface area contributed by atoms with Crippen LogP contribution in [0, 0.1) is 10.1 Å². The van der Waals surface area contributed by atoms with Crippen molar-refractivity contribution in [2.75, 3.05) is 19.6 Å². The van der Waals surface area contributed by atoms with Gasteiger partial charge in [-0.15, -0.1) is 0 Å². The second kappa shape index (κ2) is 5.16. The highest BCUT2D eigenvalue weighted by atomic mass is 19.4. The van der Waals surface area contributed by atoms with Gasteiger partial charge in [0.2, 0.25) is 6.04 Å². The van der Waals surface area contributed by atoms with Crippen LogP contribution in [0.25, 0.3) is 0 Å². The van der Waals surface area contributed by atoms with Gasteiger partial charge < -0.3 is 0 Å². The predicted octanol–water partition coefficient (Wildman–Crippen LogP) is 2.29. The molecule has 4 nitrogen and oxygen atoms in total. The Morgan fingerprint density at radius 1 is 1.26 bits per heavy atom. The summed E-state index contributed by atoms with van der Waals surface area (Å²) in [6.45, 7) is -1.19. The molecule has 0 aliphatic carbocycles. The molecule has 0 aromatic heterocycles. The Morgan fingerprint density at radius 3 is 2.42 bits per heavy atom. The zero-order valence-corrected chi connectivity index (χ0v) is 10.0. The molecule has 19 heavy (non-hydrogen) atoms. The molecule has 104 valence electrons. The van der Waals surface area contributed by atoms with Crippen LogP contribution in [-0.2, 0) is 0 Å². The van der Waals surface area contributed by atoms with Crippen LogP contribution in [0.15, 0.2) is 30.3 Å². The van der Waals surface area contributed by atoms with Crippen molar-refractivity contribution >= 4 is 0 Å². The van der Waals surface area contributed by atoms with Gasteiger partial charge in [-0.2, -0.15) is 13.2 Å². The average Bonchev–Trinajstić information content (AvgIpc) is 2.72. The van der Waals surface area contributed by atoms with Gasteiger partial charge in [-0.3, -0.25) is 15.0 Å². The van der Waals surface area contributed by atoms with E-state index in [1.807, 2.05) is 0 Å². The molecule has 0 bridgehead atoms. The van der Waals surface area contributed by atoms with Gasteiger partial charge in [0.15, 0.2) is 0 Å². The van der Waals surface area contributed by atoms with Crippen LogP contribution in [0.4, 0.5) is 13.2 Å². The van der Waals surface area contributed by atoms with E-state index in [1.165, 1.54) is 0 Å². The molecule has 1 saturated heterocycles. The number of benzene rings is 1. The summed E-state index contributed by atoms with van der Waals surface area (Å²) in [7, 11) is 0. The van der Waals surface area contributed by atoms with E-state index < -0.39 is 29.6 Å². The van der Waals surface area contributed by atoms with E-state index in [0.29, 0.717) is 5.56 Å². The number of hydrogen-bond acceptors (Lipinski definition) is 3. The van der Waals surface area contributed by atoms with Crippen LogP contribution < -0.4 is 0 Å². The Kier molecular flexibility index (Phi) is 3.75. The first-order chi connectivity index (χ1) is 8.87. The summed E-state index contributed by atoms with van der Waals surface area (Å²) < 4.78 is 37.1. The van der Waals surface area contributed by atoms with Gasteiger partial charge in [-0.1, -0.05) is 30.3 Å². The third-order valence-corrected chi connectivity index (χ3v) is 3.27. The van der Waals surface area contributed by atoms with Crippen LogP contribution in [0.2, 0.25) is 0 Å². The molecule has 1 aliphatic rings. The standard InChI is InChI=1S/C12H13F3N2O2/c13-12(14,15)8-16-6-10(11(7-16)17(18)19)9-4-2-1-3-5-9/h1-5,10-11H,6-8H2. The van der Waals surface area contributed by atoms with Crippen molar-refractivity contribution in [2.45, 2.75) is 18.1 Å². The molecular weight excluding hydrogens is 261 g/mol. The third-order valence-electron chi connectivity index (χ3n) is 3.27. The number of likely N-dealkylation sites (tertiary alicyclic amines) is 1. The zero-order valence-electron chi connectivity index (χ0n) is 10.0. The van der Waals surface area contributed by atoms with E-state index in [-0.39, 0.29) is 13.1 Å². The van der Waals surface area contributed by atoms with Gasteiger partial charge in [0.05, 0.1) is 19.0 Å². The third kappa shape index (κ3) is 3.44. The van der Waals surface area contributed by atoms with E-state index in [4.69, 9.17) is 0 Å². The minimum atomic E-state index is -4.33. The first-order valence-electron chi connectivity index (χ1n) is 5.84. The second-order valence-corrected chi connectivity index (χ2v) is 4.68. The van der Waals surface area contributed by atoms with Gasteiger partial charge in [-0.25, -0.2) is 0 Å². The average molecular weight is 274 g/mol. The van der Waals surface area contributed by atoms with Gasteiger partial charge in [0, 0.05) is 11.5 Å². The van der Waals surface area contributed by atoms with E-state index in [1.54, 1.807) is 30.3 Å². The Morgan fingerprint density at radius 2 is 1.89 bits per heavy atom. The van der Waals surface area contributed by atoms with Gasteiger partial charge in [-0.05, 0) is 5.56 Å². The molecule has 0 spiro atoms. The predicted molar refractivity (Wildman–Crippen MR) is 62.5 cm³/mol. The van der Waals surface area contributed by atoms with Crippen LogP contribution >= 0.6 is 0 Å². The van der Waals surface area contributed by atoms with Gasteiger partial charge in [0.1, 0.15) is 0 Å². The maximum absolute atomic E-state index is 12.4. The summed E-state index contributed by atoms with van der Waals surface area (Å²) >= 11 is 0. The topological polar surface area (TPSA) is 46.4 Å². The van der Waals surface area contributed by atoms with Crippen molar-refractivity contribution in [2.24, 2.45) is 0 Å². The molecule has 7 heteroatoms. The van der Waals surface area contributed by atoms with E-state index in [9.17, 15) is 23.3 Å². The van der Waals surface area contributed by atoms with Crippen LogP contribution in [0.3, 0.4) is 0 Å². The minimum Gasteiger partial charge on any atom is -0.287 e. The van der Waals surface area contributed by atoms with Crippen molar-refractivity contribution in [3.63, 3.8) is 0 Å². The lowest BCUT2D eigenvalue weighted by Crippen LogP contribution is -2.34. The molecule has 2 atom stereocenters. The summed E-state index contributed by atoms with van der Waals surface area (Å²) in [6, 6.07) is 7.70. The molecule has 1 aromatic carbocycles. The van der Waals surface area contributed by atoms with Crippen molar-refractivity contribution in [3.8, 4) is 0 Å². The number of hydrogen-bond donors (Lipinski definition) is 0. The van der Waals surface area contributed by atoms with Crippen LogP contribution in [0.1, 0.15) is 11.5 Å². The highest BCUT2D eigenvalue weighted by molar-refractivity contribution is 5.22. The molecule has 1 heterocycles. The lowest BCUT2D eigenvalue weighted by atomic mass is 9.95. The largest absolute Gasteiger partial charge is 0.401 e. The Balaban J connectivity index is 2.16. The Hall–Kier alpha value is -1.63. The normalized spacial score (nSPS) is 24.6. The highest BCUT2D eigenvalue weighted by Gasteiger charge is 2.45. The number of rotatable bonds is 3. The number of halogens is 3. The maximum atomic E-state index is 12.4. The molecule has 2 rings (SSSR count). The van der Waals surface area contributed by atoms with Crippen molar-refractivity contribution in [1.29, 1.82) is 0 Å². The summed E-state index contributed by atoms with van der Waals surface area (Å²) in [5.41, 5.74) is 0.717. The highest BCUT2D eigenvalue weighted by Crippen LogP contribution is 2.31. The number of alkyl halides is 3. The molecule has 0 saturated carbocycles. The number of nitro groups is 1. The van der Waals surface area contributed by atoms with E-state index in [0.717, 1.165) is 4.90 Å². The van der Waals surface area contributed by atoms with Gasteiger partial charge in [0.25, 0.3) is 0 Å². The Labute approximate surface area is 108 Å². The van der Waals surface area contributed by atoms with Crippen molar-refractivity contribution in [1.82, 2.24) is 4.90 Å². The first-order valence-corrected chi connectivity index (χ1v) is 5.84. The first kappa shape index (κ1) is 13.8. The summed E-state index contributed by atoms with van der Waals surface area (Å²) in [6.07, 6.45) is -4.33. The summed E-state index contributed by atoms with van der Waals surface area (Å²) in [5, 5.41) is 11.0. The van der Waals surface area contributed by atoms with E-state index >= 15 is 0 Å². The lowest BCUT2D eigenvalue weighted by Gasteiger charge is -2.16. The quantitative estimate of drug-likeness (QED) is 0.627. The SMILES string of the molecule is O=[N+]([O-])C1CN(CC(F)(F)F)CC1c1ccccc1. The molecule has 1 aliphatic heterocycles. The van der Waals surface area contributed by atoms with Crippen LogP contribution in [-0.4, -0.2) is 41.7 Å². The fraction of sp³-hybridized carbons (Fsp3) is 0.500. The monoisotopic (exact) mass is 274 g/mol. The number of nitrogens with zero attached hydrogens (tertiary/aromatic N) is 2. The lowest BCUT2D eigenvalue weighted by molar-refractivity contribution is -0.521. The maximum Gasteiger partial charge on any atom is 0.401 e. The molecular formula is C12H13F3N2O2. The van der Waals surface area contributed by atoms with Crippen LogP contribution in [0.5, 0.6) is 0 Å². The van der Waals surface area contributed by atoms with E-state index in [2.05, 4.69) is 0 Å². The zero-order chi connectivity index (χ0) is 14.0. The second-order valence-electron chi connectivity index (χ2n) is 4.68. The smallest absolute Gasteiger partial charge is 0.287 e. The molecule has 1 fully saturated rings. The summed E-state index contributed by atoms with van der Waals surface area (Å²) in [5.74, 6) is -0.487. The molecule has 0 N–H and O–H groups in total. The van der Waals surface area contributed by atoms with Gasteiger partial charge >= 0.3 is 6.18 Å². The Bertz CT molecular complexity index is 450. The molecule has 0 radical (unpaired) electrons. The minimum absolute atomic E-state index is 0.0647. The molecule has 1 aromatic rings. The molecule has 0 amide bonds.